The molecule has 0 fully saturated rings. The number of furan rings is 1. The number of benzene rings is 8. The van der Waals surface area contributed by atoms with Gasteiger partial charge in [-0.3, -0.25) is 9.56 Å². The van der Waals surface area contributed by atoms with Gasteiger partial charge in [-0.2, -0.15) is 4.99 Å². The molecule has 0 bridgehead atoms. The summed E-state index contributed by atoms with van der Waals surface area (Å²) < 4.78 is 11.3. The van der Waals surface area contributed by atoms with Gasteiger partial charge in [-0.15, -0.1) is 0 Å². The summed E-state index contributed by atoms with van der Waals surface area (Å²) in [5.41, 5.74) is 13.2. The highest BCUT2D eigenvalue weighted by atomic mass is 16.3. The molecule has 1 aliphatic carbocycles. The zero-order valence-corrected chi connectivity index (χ0v) is 35.4. The van der Waals surface area contributed by atoms with E-state index in [4.69, 9.17) is 19.4 Å². The molecular formula is C58H41N5O. The zero-order chi connectivity index (χ0) is 42.7. The van der Waals surface area contributed by atoms with Gasteiger partial charge in [0.15, 0.2) is 5.84 Å². The van der Waals surface area contributed by atoms with Gasteiger partial charge in [0, 0.05) is 56.5 Å². The molecule has 6 nitrogen and oxygen atoms in total. The number of aliphatic imine (C=N–C) groups is 3. The van der Waals surface area contributed by atoms with Crippen LogP contribution >= 0.6 is 0 Å². The van der Waals surface area contributed by atoms with Crippen molar-refractivity contribution in [1.29, 1.82) is 0 Å². The Hall–Kier alpha value is -8.35. The molecule has 12 rings (SSSR count). The minimum absolute atomic E-state index is 0.0724. The maximum absolute atomic E-state index is 6.59. The average molecular weight is 824 g/mol. The van der Waals surface area contributed by atoms with Crippen LogP contribution < -0.4 is 0 Å². The van der Waals surface area contributed by atoms with Crippen LogP contribution in [0.1, 0.15) is 12.5 Å². The molecule has 0 saturated carbocycles. The van der Waals surface area contributed by atoms with E-state index in [-0.39, 0.29) is 5.92 Å². The lowest BCUT2D eigenvalue weighted by atomic mass is 9.99. The Morgan fingerprint density at radius 2 is 1.22 bits per heavy atom. The third-order valence-corrected chi connectivity index (χ3v) is 12.6. The van der Waals surface area contributed by atoms with E-state index in [1.54, 1.807) is 7.05 Å². The lowest BCUT2D eigenvalue weighted by Gasteiger charge is -2.15. The topological polar surface area (TPSA) is 60.1 Å². The van der Waals surface area contributed by atoms with Crippen molar-refractivity contribution >= 4 is 83.1 Å². The van der Waals surface area contributed by atoms with Crippen molar-refractivity contribution in [3.8, 4) is 27.9 Å². The number of aromatic nitrogens is 2. The zero-order valence-electron chi connectivity index (χ0n) is 35.4. The molecule has 3 heterocycles. The second-order valence-electron chi connectivity index (χ2n) is 16.4. The van der Waals surface area contributed by atoms with Crippen LogP contribution in [0, 0.1) is 5.92 Å². The van der Waals surface area contributed by atoms with Crippen molar-refractivity contribution in [2.45, 2.75) is 6.92 Å². The molecule has 0 amide bonds. The third-order valence-electron chi connectivity index (χ3n) is 12.6. The van der Waals surface area contributed by atoms with Gasteiger partial charge in [-0.05, 0) is 70.8 Å². The van der Waals surface area contributed by atoms with Gasteiger partial charge in [-0.25, -0.2) is 4.99 Å². The van der Waals surface area contributed by atoms with Crippen LogP contribution in [0.15, 0.2) is 226 Å². The Morgan fingerprint density at radius 1 is 0.547 bits per heavy atom. The summed E-state index contributed by atoms with van der Waals surface area (Å²) in [6.45, 7) is 2.17. The molecule has 11 aromatic rings. The van der Waals surface area contributed by atoms with E-state index in [1.165, 1.54) is 10.9 Å². The molecular weight excluding hydrogens is 783 g/mol. The summed E-state index contributed by atoms with van der Waals surface area (Å²) in [5.74, 6) is 1.14. The first-order valence-electron chi connectivity index (χ1n) is 21.7. The van der Waals surface area contributed by atoms with Crippen LogP contribution in [0.25, 0.3) is 93.5 Å². The Labute approximate surface area is 369 Å². The van der Waals surface area contributed by atoms with Crippen molar-refractivity contribution < 1.29 is 4.42 Å². The molecule has 1 unspecified atom stereocenters. The van der Waals surface area contributed by atoms with Crippen LogP contribution in [0.4, 0.5) is 0 Å². The lowest BCUT2D eigenvalue weighted by Crippen LogP contribution is -2.18. The summed E-state index contributed by atoms with van der Waals surface area (Å²) in [6, 6.07) is 64.3. The first-order chi connectivity index (χ1) is 31.6. The molecule has 0 aliphatic heterocycles. The highest BCUT2D eigenvalue weighted by Crippen LogP contribution is 2.42. The van der Waals surface area contributed by atoms with Crippen LogP contribution in [-0.2, 0) is 0 Å². The van der Waals surface area contributed by atoms with Gasteiger partial charge in [-0.1, -0.05) is 165 Å². The van der Waals surface area contributed by atoms with E-state index in [0.29, 0.717) is 11.8 Å². The molecule has 1 aliphatic rings. The molecule has 1 atom stereocenters. The Bertz CT molecular complexity index is 3800. The summed E-state index contributed by atoms with van der Waals surface area (Å²) >= 11 is 0. The first-order valence-corrected chi connectivity index (χ1v) is 21.7. The number of hydrogen-bond donors (Lipinski definition) is 0. The summed E-state index contributed by atoms with van der Waals surface area (Å²) in [5, 5.41) is 6.67. The number of allylic oxidation sites excluding steroid dienone is 4. The molecule has 64 heavy (non-hydrogen) atoms. The fourth-order valence-corrected chi connectivity index (χ4v) is 9.61. The molecule has 0 saturated heterocycles. The second-order valence-corrected chi connectivity index (χ2v) is 16.4. The van der Waals surface area contributed by atoms with E-state index in [9.17, 15) is 0 Å². The van der Waals surface area contributed by atoms with Crippen LogP contribution in [0.5, 0.6) is 0 Å². The monoisotopic (exact) mass is 823 g/mol. The van der Waals surface area contributed by atoms with Gasteiger partial charge >= 0.3 is 0 Å². The van der Waals surface area contributed by atoms with E-state index in [2.05, 4.69) is 204 Å². The van der Waals surface area contributed by atoms with Gasteiger partial charge in [0.25, 0.3) is 0 Å². The quantitative estimate of drug-likeness (QED) is 0.129. The predicted molar refractivity (Wildman–Crippen MR) is 269 cm³/mol. The summed E-state index contributed by atoms with van der Waals surface area (Å²) in [7, 11) is 1.80. The van der Waals surface area contributed by atoms with Crippen LogP contribution in [-0.4, -0.2) is 33.7 Å². The standard InChI is InChI=1S/C58H41N5O/c1-37-17-9-12-27-49(37)60-58(61-57(59-2)41-31-32-48-53(36-41)64-52-30-16-26-43(54(48)52)39-20-7-4-8-21-39)63-51-29-14-11-25-45(51)47-34-33-46-44-24-10-13-28-50(44)62(55(46)56(47)63)42-23-15-22-40(35-42)38-18-5-3-6-19-38/h3-37H,1-2H3/b59-57-,60-49+,61-58+. The van der Waals surface area contributed by atoms with Crippen molar-refractivity contribution in [3.05, 3.63) is 212 Å². The number of fused-ring (bicyclic) bond motifs is 10. The van der Waals surface area contributed by atoms with Crippen LogP contribution in [0.3, 0.4) is 0 Å². The number of amidine groups is 1. The summed E-state index contributed by atoms with van der Waals surface area (Å²) in [6.07, 6.45) is 8.39. The van der Waals surface area contributed by atoms with Crippen molar-refractivity contribution in [3.63, 3.8) is 0 Å². The maximum atomic E-state index is 6.59. The number of nitrogens with zero attached hydrogens (tertiary/aromatic N) is 5. The van der Waals surface area contributed by atoms with Gasteiger partial charge in [0.2, 0.25) is 5.96 Å². The van der Waals surface area contributed by atoms with E-state index in [1.807, 2.05) is 18.2 Å². The molecule has 0 spiro atoms. The number of para-hydroxylation sites is 2. The second kappa shape index (κ2) is 15.2. The van der Waals surface area contributed by atoms with Crippen molar-refractivity contribution in [2.24, 2.45) is 20.9 Å². The van der Waals surface area contributed by atoms with Crippen molar-refractivity contribution in [1.82, 2.24) is 9.13 Å². The molecule has 6 heteroatoms. The van der Waals surface area contributed by atoms with Gasteiger partial charge in [0.1, 0.15) is 11.2 Å². The third kappa shape index (κ3) is 6.06. The fraction of sp³-hybridized carbons (Fsp3) is 0.0517. The lowest BCUT2D eigenvalue weighted by molar-refractivity contribution is 0.669. The molecule has 0 radical (unpaired) electrons. The normalized spacial score (nSPS) is 15.3. The number of rotatable bonds is 4. The Kier molecular flexibility index (Phi) is 8.90. The first kappa shape index (κ1) is 37.4. The van der Waals surface area contributed by atoms with Crippen molar-refractivity contribution in [2.75, 3.05) is 7.05 Å². The molecule has 3 aromatic heterocycles. The SMILES string of the molecule is C\N=C(/N=C(\N=C1/C=CC=CC1C)n1c2ccccc2c2ccc3c4ccccc4n(-c4cccc(-c5ccccc5)c4)c3c21)c1ccc2c(c1)oc1cccc(-c3ccccc3)c12. The molecule has 0 N–H and O–H groups in total. The largest absolute Gasteiger partial charge is 0.456 e. The Morgan fingerprint density at radius 3 is 2.00 bits per heavy atom. The Balaban J connectivity index is 1.13. The minimum Gasteiger partial charge on any atom is -0.456 e. The molecule has 8 aromatic carbocycles. The maximum Gasteiger partial charge on any atom is 0.237 e. The average Bonchev–Trinajstić information content (AvgIpc) is 4.02. The van der Waals surface area contributed by atoms with Gasteiger partial charge < -0.3 is 8.98 Å². The highest BCUT2D eigenvalue weighted by Gasteiger charge is 2.24. The minimum atomic E-state index is 0.0724. The van der Waals surface area contributed by atoms with E-state index >= 15 is 0 Å². The smallest absolute Gasteiger partial charge is 0.237 e. The fourth-order valence-electron chi connectivity index (χ4n) is 9.61. The highest BCUT2D eigenvalue weighted by molar-refractivity contribution is 6.27. The van der Waals surface area contributed by atoms with E-state index in [0.717, 1.165) is 93.8 Å². The predicted octanol–water partition coefficient (Wildman–Crippen LogP) is 14.6. The molecule has 304 valence electrons. The van der Waals surface area contributed by atoms with E-state index < -0.39 is 0 Å². The van der Waals surface area contributed by atoms with Gasteiger partial charge in [0.05, 0.1) is 27.8 Å². The summed E-state index contributed by atoms with van der Waals surface area (Å²) in [4.78, 5) is 15.9. The van der Waals surface area contributed by atoms with Crippen LogP contribution in [0.2, 0.25) is 0 Å². The number of hydrogen-bond acceptors (Lipinski definition) is 2.